The number of methoxy groups -OCH3 is 1. The van der Waals surface area contributed by atoms with E-state index in [1.54, 1.807) is 0 Å². The van der Waals surface area contributed by atoms with Crippen LogP contribution in [0.25, 0.3) is 10.2 Å². The molecule has 1 amide bonds. The predicted octanol–water partition coefficient (Wildman–Crippen LogP) is 5.48. The van der Waals surface area contributed by atoms with Gasteiger partial charge in [0.15, 0.2) is 5.13 Å². The highest BCUT2D eigenvalue weighted by atomic mass is 35.5. The summed E-state index contributed by atoms with van der Waals surface area (Å²) in [5.41, 5.74) is 3.38. The Balaban J connectivity index is 1.97. The van der Waals surface area contributed by atoms with Crippen LogP contribution in [0.15, 0.2) is 24.3 Å². The summed E-state index contributed by atoms with van der Waals surface area (Å²) in [5.74, 6) is -0.0867. The van der Waals surface area contributed by atoms with Crippen LogP contribution in [0.4, 0.5) is 5.13 Å². The van der Waals surface area contributed by atoms with Gasteiger partial charge in [0.2, 0.25) is 0 Å². The molecule has 1 aromatic heterocycles. The van der Waals surface area contributed by atoms with Gasteiger partial charge in [0.25, 0.3) is 5.91 Å². The number of amides is 1. The largest absolute Gasteiger partial charge is 0.494 e. The van der Waals surface area contributed by atoms with E-state index in [9.17, 15) is 4.79 Å². The molecule has 1 heterocycles. The third-order valence-electron chi connectivity index (χ3n) is 3.51. The quantitative estimate of drug-likeness (QED) is 0.654. The van der Waals surface area contributed by atoms with Crippen LogP contribution in [0.2, 0.25) is 10.0 Å². The van der Waals surface area contributed by atoms with E-state index in [0.29, 0.717) is 10.2 Å². The number of rotatable bonds is 3. The monoisotopic (exact) mass is 380 g/mol. The number of fused-ring (bicyclic) bond motifs is 1. The zero-order valence-electron chi connectivity index (χ0n) is 13.2. The minimum atomic E-state index is -0.371. The van der Waals surface area contributed by atoms with E-state index in [0.717, 1.165) is 21.3 Å². The minimum Gasteiger partial charge on any atom is -0.494 e. The van der Waals surface area contributed by atoms with E-state index in [1.807, 2.05) is 19.9 Å². The van der Waals surface area contributed by atoms with Gasteiger partial charge < -0.3 is 4.74 Å². The molecule has 7 heteroatoms. The number of carbonyl (C=O) groups is 1. The molecule has 0 saturated heterocycles. The molecule has 0 radical (unpaired) electrons. The van der Waals surface area contributed by atoms with Crippen molar-refractivity contribution in [1.82, 2.24) is 4.98 Å². The number of halogens is 2. The van der Waals surface area contributed by atoms with Crippen LogP contribution in [0.1, 0.15) is 21.5 Å². The van der Waals surface area contributed by atoms with Crippen molar-refractivity contribution in [3.05, 3.63) is 51.0 Å². The normalized spacial score (nSPS) is 10.9. The number of thiazole rings is 1. The van der Waals surface area contributed by atoms with Gasteiger partial charge in [0.1, 0.15) is 5.75 Å². The van der Waals surface area contributed by atoms with Crippen LogP contribution >= 0.6 is 34.5 Å². The number of benzene rings is 2. The molecule has 0 fully saturated rings. The van der Waals surface area contributed by atoms with Gasteiger partial charge in [-0.1, -0.05) is 40.6 Å². The molecule has 0 unspecified atom stereocenters. The molecule has 1 N–H and O–H groups in total. The maximum absolute atomic E-state index is 12.6. The third-order valence-corrected chi connectivity index (χ3v) is 4.92. The zero-order chi connectivity index (χ0) is 17.4. The number of aryl methyl sites for hydroxylation is 2. The van der Waals surface area contributed by atoms with Crippen LogP contribution in [-0.2, 0) is 0 Å². The standard InChI is InChI=1S/C17H14Cl2N2O2S/c1-8-4-9(2)14-13(5-8)24-17(20-14)21-16(22)11-6-10(18)7-12(19)15(11)23-3/h4-7H,1-3H3,(H,20,21,22). The maximum atomic E-state index is 12.6. The Hall–Kier alpha value is -1.82. The molecule has 0 bridgehead atoms. The summed E-state index contributed by atoms with van der Waals surface area (Å²) in [6.45, 7) is 4.03. The highest BCUT2D eigenvalue weighted by Gasteiger charge is 2.18. The maximum Gasteiger partial charge on any atom is 0.261 e. The van der Waals surface area contributed by atoms with E-state index < -0.39 is 0 Å². The number of anilines is 1. The van der Waals surface area contributed by atoms with E-state index in [2.05, 4.69) is 16.4 Å². The Morgan fingerprint density at radius 3 is 2.67 bits per heavy atom. The van der Waals surface area contributed by atoms with Crippen molar-refractivity contribution in [3.63, 3.8) is 0 Å². The summed E-state index contributed by atoms with van der Waals surface area (Å²) in [5, 5.41) is 3.96. The van der Waals surface area contributed by atoms with Gasteiger partial charge in [-0.3, -0.25) is 10.1 Å². The van der Waals surface area contributed by atoms with E-state index in [4.69, 9.17) is 27.9 Å². The minimum absolute atomic E-state index is 0.266. The Morgan fingerprint density at radius 1 is 1.21 bits per heavy atom. The van der Waals surface area contributed by atoms with Crippen molar-refractivity contribution in [2.24, 2.45) is 0 Å². The van der Waals surface area contributed by atoms with Gasteiger partial charge >= 0.3 is 0 Å². The number of nitrogens with zero attached hydrogens (tertiary/aromatic N) is 1. The number of aromatic nitrogens is 1. The fourth-order valence-electron chi connectivity index (χ4n) is 2.52. The Morgan fingerprint density at radius 2 is 1.96 bits per heavy atom. The summed E-state index contributed by atoms with van der Waals surface area (Å²) in [4.78, 5) is 17.1. The van der Waals surface area contributed by atoms with E-state index in [1.165, 1.54) is 30.6 Å². The number of nitrogens with one attached hydrogen (secondary N) is 1. The summed E-state index contributed by atoms with van der Waals surface area (Å²) >= 11 is 13.5. The molecule has 4 nitrogen and oxygen atoms in total. The van der Waals surface area contributed by atoms with Crippen LogP contribution < -0.4 is 10.1 Å². The lowest BCUT2D eigenvalue weighted by atomic mass is 10.1. The predicted molar refractivity (Wildman–Crippen MR) is 100 cm³/mol. The lowest BCUT2D eigenvalue weighted by Crippen LogP contribution is -2.13. The van der Waals surface area contributed by atoms with Gasteiger partial charge in [-0.15, -0.1) is 0 Å². The number of ether oxygens (including phenoxy) is 1. The first-order valence-corrected chi connectivity index (χ1v) is 8.68. The summed E-state index contributed by atoms with van der Waals surface area (Å²) in [7, 11) is 1.45. The zero-order valence-corrected chi connectivity index (χ0v) is 15.6. The van der Waals surface area contributed by atoms with Crippen LogP contribution in [-0.4, -0.2) is 18.0 Å². The molecule has 3 rings (SSSR count). The topological polar surface area (TPSA) is 51.2 Å². The molecule has 124 valence electrons. The molecule has 0 atom stereocenters. The van der Waals surface area contributed by atoms with Crippen molar-refractivity contribution in [2.75, 3.05) is 12.4 Å². The number of hydrogen-bond donors (Lipinski definition) is 1. The van der Waals surface area contributed by atoms with Crippen LogP contribution in [0.3, 0.4) is 0 Å². The first kappa shape index (κ1) is 17.0. The molecule has 0 aliphatic rings. The van der Waals surface area contributed by atoms with Gasteiger partial charge in [-0.25, -0.2) is 4.98 Å². The first-order chi connectivity index (χ1) is 11.4. The Kier molecular flexibility index (Phi) is 4.67. The molecule has 0 spiro atoms. The lowest BCUT2D eigenvalue weighted by Gasteiger charge is -2.10. The average Bonchev–Trinajstić information content (AvgIpc) is 2.89. The van der Waals surface area contributed by atoms with Crippen LogP contribution in [0.5, 0.6) is 5.75 Å². The van der Waals surface area contributed by atoms with Crippen molar-refractivity contribution in [2.45, 2.75) is 13.8 Å². The molecular weight excluding hydrogens is 367 g/mol. The summed E-state index contributed by atoms with van der Waals surface area (Å²) < 4.78 is 6.24. The molecule has 0 saturated carbocycles. The van der Waals surface area contributed by atoms with Gasteiger partial charge in [-0.05, 0) is 43.2 Å². The Bertz CT molecular complexity index is 953. The molecular formula is C17H14Cl2N2O2S. The second-order valence-electron chi connectivity index (χ2n) is 5.37. The molecule has 0 aliphatic heterocycles. The van der Waals surface area contributed by atoms with Gasteiger partial charge in [0.05, 0.1) is 27.9 Å². The van der Waals surface area contributed by atoms with E-state index >= 15 is 0 Å². The van der Waals surface area contributed by atoms with E-state index in [-0.39, 0.29) is 22.2 Å². The fourth-order valence-corrected chi connectivity index (χ4v) is 4.13. The number of hydrogen-bond acceptors (Lipinski definition) is 4. The average molecular weight is 381 g/mol. The lowest BCUT2D eigenvalue weighted by molar-refractivity contribution is 0.102. The van der Waals surface area contributed by atoms with Crippen molar-refractivity contribution < 1.29 is 9.53 Å². The smallest absolute Gasteiger partial charge is 0.261 e. The van der Waals surface area contributed by atoms with Gasteiger partial charge in [0, 0.05) is 5.02 Å². The van der Waals surface area contributed by atoms with Crippen molar-refractivity contribution in [1.29, 1.82) is 0 Å². The molecule has 2 aromatic carbocycles. The fraction of sp³-hybridized carbons (Fsp3) is 0.176. The van der Waals surface area contributed by atoms with Crippen molar-refractivity contribution >= 4 is 55.8 Å². The highest BCUT2D eigenvalue weighted by Crippen LogP contribution is 2.34. The third kappa shape index (κ3) is 3.20. The first-order valence-electron chi connectivity index (χ1n) is 7.11. The Labute approximate surface area is 153 Å². The molecule has 0 aliphatic carbocycles. The van der Waals surface area contributed by atoms with Crippen molar-refractivity contribution in [3.8, 4) is 5.75 Å². The van der Waals surface area contributed by atoms with Gasteiger partial charge in [-0.2, -0.15) is 0 Å². The summed E-state index contributed by atoms with van der Waals surface area (Å²) in [6.07, 6.45) is 0. The number of carbonyl (C=O) groups excluding carboxylic acids is 1. The summed E-state index contributed by atoms with van der Waals surface area (Å²) in [6, 6.07) is 7.16. The van der Waals surface area contributed by atoms with Crippen LogP contribution in [0, 0.1) is 13.8 Å². The molecule has 24 heavy (non-hydrogen) atoms. The molecule has 3 aromatic rings. The SMILES string of the molecule is COc1c(Cl)cc(Cl)cc1C(=O)Nc1nc2c(C)cc(C)cc2s1. The highest BCUT2D eigenvalue weighted by molar-refractivity contribution is 7.22. The second-order valence-corrected chi connectivity index (χ2v) is 7.24. The second kappa shape index (κ2) is 6.59.